The van der Waals surface area contributed by atoms with Crippen LogP contribution in [0.4, 0.5) is 5.69 Å². The van der Waals surface area contributed by atoms with Crippen LogP contribution in [0.1, 0.15) is 19.8 Å². The van der Waals surface area contributed by atoms with Crippen molar-refractivity contribution < 1.29 is 9.53 Å². The van der Waals surface area contributed by atoms with E-state index < -0.39 is 0 Å². The molecule has 98 valence electrons. The standard InChI is InChI=1S/C13H19N3O2/c1-9-7-10(3-6-15-9)13(17)16-11-8-14-5-4-12(11)18-2/h4-5,8-10,15H,3,6-7H2,1-2H3,(H,16,17)/t9-,10-/m0/s1. The van der Waals surface area contributed by atoms with Gasteiger partial charge in [-0.3, -0.25) is 9.78 Å². The number of carbonyl (C=O) groups excluding carboxylic acids is 1. The van der Waals surface area contributed by atoms with E-state index in [1.54, 1.807) is 25.6 Å². The van der Waals surface area contributed by atoms with Gasteiger partial charge in [-0.2, -0.15) is 0 Å². The molecule has 18 heavy (non-hydrogen) atoms. The zero-order valence-corrected chi connectivity index (χ0v) is 10.8. The lowest BCUT2D eigenvalue weighted by Gasteiger charge is -2.27. The number of hydrogen-bond donors (Lipinski definition) is 2. The first kappa shape index (κ1) is 12.8. The highest BCUT2D eigenvalue weighted by molar-refractivity contribution is 5.93. The van der Waals surface area contributed by atoms with E-state index in [4.69, 9.17) is 4.74 Å². The summed E-state index contributed by atoms with van der Waals surface area (Å²) in [5, 5.41) is 6.23. The minimum Gasteiger partial charge on any atom is -0.494 e. The van der Waals surface area contributed by atoms with E-state index in [2.05, 4.69) is 22.5 Å². The fraction of sp³-hybridized carbons (Fsp3) is 0.538. The minimum absolute atomic E-state index is 0.0506. The molecule has 2 N–H and O–H groups in total. The molecule has 5 nitrogen and oxygen atoms in total. The minimum atomic E-state index is 0.0506. The topological polar surface area (TPSA) is 63.2 Å². The number of anilines is 1. The van der Waals surface area contributed by atoms with Crippen molar-refractivity contribution in [3.8, 4) is 5.75 Å². The number of hydrogen-bond acceptors (Lipinski definition) is 4. The summed E-state index contributed by atoms with van der Waals surface area (Å²) in [7, 11) is 1.58. The van der Waals surface area contributed by atoms with Crippen molar-refractivity contribution in [2.24, 2.45) is 5.92 Å². The van der Waals surface area contributed by atoms with Crippen LogP contribution in [0.25, 0.3) is 0 Å². The Balaban J connectivity index is 2.02. The lowest BCUT2D eigenvalue weighted by atomic mass is 9.92. The van der Waals surface area contributed by atoms with Crippen molar-refractivity contribution in [1.82, 2.24) is 10.3 Å². The van der Waals surface area contributed by atoms with Gasteiger partial charge in [0.05, 0.1) is 13.3 Å². The predicted molar refractivity (Wildman–Crippen MR) is 69.6 cm³/mol. The maximum atomic E-state index is 12.2. The van der Waals surface area contributed by atoms with Crippen molar-refractivity contribution >= 4 is 11.6 Å². The number of piperidine rings is 1. The average Bonchev–Trinajstić information content (AvgIpc) is 2.39. The van der Waals surface area contributed by atoms with E-state index >= 15 is 0 Å². The summed E-state index contributed by atoms with van der Waals surface area (Å²) in [4.78, 5) is 16.2. The summed E-state index contributed by atoms with van der Waals surface area (Å²) in [5.41, 5.74) is 0.635. The molecule has 5 heteroatoms. The highest BCUT2D eigenvalue weighted by atomic mass is 16.5. The van der Waals surface area contributed by atoms with Crippen molar-refractivity contribution in [1.29, 1.82) is 0 Å². The maximum absolute atomic E-state index is 12.2. The van der Waals surface area contributed by atoms with Gasteiger partial charge < -0.3 is 15.4 Å². The Bertz CT molecular complexity index is 422. The normalized spacial score (nSPS) is 23.4. The van der Waals surface area contributed by atoms with Crippen molar-refractivity contribution in [2.45, 2.75) is 25.8 Å². The van der Waals surface area contributed by atoms with Gasteiger partial charge in [0.15, 0.2) is 0 Å². The molecule has 1 aliphatic rings. The Morgan fingerprint density at radius 2 is 2.44 bits per heavy atom. The Hall–Kier alpha value is -1.62. The van der Waals surface area contributed by atoms with Crippen LogP contribution in [0.15, 0.2) is 18.5 Å². The van der Waals surface area contributed by atoms with Crippen LogP contribution in [-0.2, 0) is 4.79 Å². The maximum Gasteiger partial charge on any atom is 0.227 e. The summed E-state index contributed by atoms with van der Waals surface area (Å²) in [6, 6.07) is 2.13. The Kier molecular flexibility index (Phi) is 4.15. The van der Waals surface area contributed by atoms with Crippen LogP contribution in [0.3, 0.4) is 0 Å². The lowest BCUT2D eigenvalue weighted by Crippen LogP contribution is -2.40. The van der Waals surface area contributed by atoms with Gasteiger partial charge in [-0.15, -0.1) is 0 Å². The number of methoxy groups -OCH3 is 1. The van der Waals surface area contributed by atoms with Gasteiger partial charge in [0, 0.05) is 24.2 Å². The Labute approximate surface area is 107 Å². The molecule has 1 aromatic rings. The third-order valence-electron chi connectivity index (χ3n) is 3.25. The number of nitrogens with one attached hydrogen (secondary N) is 2. The van der Waals surface area contributed by atoms with Gasteiger partial charge in [0.1, 0.15) is 11.4 Å². The quantitative estimate of drug-likeness (QED) is 0.850. The number of carbonyl (C=O) groups is 1. The van der Waals surface area contributed by atoms with Crippen LogP contribution < -0.4 is 15.4 Å². The van der Waals surface area contributed by atoms with Crippen LogP contribution in [0, 0.1) is 5.92 Å². The molecule has 1 fully saturated rings. The van der Waals surface area contributed by atoms with Crippen molar-refractivity contribution in [2.75, 3.05) is 19.0 Å². The van der Waals surface area contributed by atoms with E-state index in [0.29, 0.717) is 17.5 Å². The molecule has 0 spiro atoms. The third-order valence-corrected chi connectivity index (χ3v) is 3.25. The first-order valence-electron chi connectivity index (χ1n) is 6.23. The van der Waals surface area contributed by atoms with Gasteiger partial charge in [0.25, 0.3) is 0 Å². The molecule has 1 aliphatic heterocycles. The van der Waals surface area contributed by atoms with E-state index in [1.165, 1.54) is 0 Å². The molecule has 0 unspecified atom stereocenters. The number of ether oxygens (including phenoxy) is 1. The molecule has 0 radical (unpaired) electrons. The van der Waals surface area contributed by atoms with E-state index in [1.807, 2.05) is 0 Å². The molecule has 0 aromatic carbocycles. The molecular formula is C13H19N3O2. The zero-order chi connectivity index (χ0) is 13.0. The second-order valence-electron chi connectivity index (χ2n) is 4.64. The number of nitrogens with zero attached hydrogens (tertiary/aromatic N) is 1. The fourth-order valence-electron chi connectivity index (χ4n) is 2.26. The SMILES string of the molecule is COc1ccncc1NC(=O)[C@H]1CCN[C@@H](C)C1. The Morgan fingerprint density at radius 3 is 3.17 bits per heavy atom. The van der Waals surface area contributed by atoms with Crippen molar-refractivity contribution in [3.05, 3.63) is 18.5 Å². The van der Waals surface area contributed by atoms with Gasteiger partial charge in [-0.05, 0) is 26.3 Å². The van der Waals surface area contributed by atoms with Crippen LogP contribution in [-0.4, -0.2) is 30.6 Å². The lowest BCUT2D eigenvalue weighted by molar-refractivity contribution is -0.120. The molecular weight excluding hydrogens is 230 g/mol. The first-order valence-corrected chi connectivity index (χ1v) is 6.23. The van der Waals surface area contributed by atoms with E-state index in [-0.39, 0.29) is 11.8 Å². The second-order valence-corrected chi connectivity index (χ2v) is 4.64. The summed E-state index contributed by atoms with van der Waals surface area (Å²) < 4.78 is 5.19. The van der Waals surface area contributed by atoms with Crippen molar-refractivity contribution in [3.63, 3.8) is 0 Å². The molecule has 1 amide bonds. The van der Waals surface area contributed by atoms with Crippen LogP contribution in [0.2, 0.25) is 0 Å². The first-order chi connectivity index (χ1) is 8.70. The van der Waals surface area contributed by atoms with Gasteiger partial charge in [-0.25, -0.2) is 0 Å². The predicted octanol–water partition coefficient (Wildman–Crippen LogP) is 1.42. The molecule has 2 rings (SSSR count). The monoisotopic (exact) mass is 249 g/mol. The summed E-state index contributed by atoms with van der Waals surface area (Å²) >= 11 is 0. The molecule has 2 atom stereocenters. The molecule has 0 saturated carbocycles. The fourth-order valence-corrected chi connectivity index (χ4v) is 2.26. The van der Waals surface area contributed by atoms with Gasteiger partial charge >= 0.3 is 0 Å². The van der Waals surface area contributed by atoms with Gasteiger partial charge in [0.2, 0.25) is 5.91 Å². The summed E-state index contributed by atoms with van der Waals surface area (Å²) in [6.07, 6.45) is 5.00. The number of amides is 1. The molecule has 1 saturated heterocycles. The second kappa shape index (κ2) is 5.82. The van der Waals surface area contributed by atoms with Gasteiger partial charge in [-0.1, -0.05) is 0 Å². The molecule has 0 bridgehead atoms. The largest absolute Gasteiger partial charge is 0.494 e. The molecule has 2 heterocycles. The summed E-state index contributed by atoms with van der Waals surface area (Å²) in [6.45, 7) is 2.99. The van der Waals surface area contributed by atoms with Crippen LogP contribution >= 0.6 is 0 Å². The third kappa shape index (κ3) is 2.98. The highest BCUT2D eigenvalue weighted by Crippen LogP contribution is 2.24. The number of pyridine rings is 1. The smallest absolute Gasteiger partial charge is 0.227 e. The zero-order valence-electron chi connectivity index (χ0n) is 10.8. The molecule has 0 aliphatic carbocycles. The average molecular weight is 249 g/mol. The van der Waals surface area contributed by atoms with E-state index in [9.17, 15) is 4.79 Å². The van der Waals surface area contributed by atoms with E-state index in [0.717, 1.165) is 19.4 Å². The van der Waals surface area contributed by atoms with Crippen LogP contribution in [0.5, 0.6) is 5.75 Å². The number of rotatable bonds is 3. The summed E-state index contributed by atoms with van der Waals surface area (Å²) in [5.74, 6) is 0.751. The highest BCUT2D eigenvalue weighted by Gasteiger charge is 2.25. The molecule has 1 aromatic heterocycles. The Morgan fingerprint density at radius 1 is 1.61 bits per heavy atom. The number of aromatic nitrogens is 1.